The number of esters is 1. The molecule has 3 aromatic carbocycles. The maximum Gasteiger partial charge on any atom is 0.343 e. The Hall–Kier alpha value is -2.87. The second-order valence-electron chi connectivity index (χ2n) is 11.4. The lowest BCUT2D eigenvalue weighted by Crippen LogP contribution is -2.38. The molecule has 5 rings (SSSR count). The minimum atomic E-state index is -0.256. The van der Waals surface area contributed by atoms with Crippen molar-refractivity contribution < 1.29 is 9.53 Å². The molecule has 35 heavy (non-hydrogen) atoms. The molecule has 0 aliphatic heterocycles. The summed E-state index contributed by atoms with van der Waals surface area (Å²) in [4.78, 5) is 13.4. The van der Waals surface area contributed by atoms with Gasteiger partial charge in [0.25, 0.3) is 0 Å². The molecular formula is C33H38O2. The molecule has 0 heterocycles. The van der Waals surface area contributed by atoms with Crippen LogP contribution in [-0.4, -0.2) is 5.97 Å². The fourth-order valence-corrected chi connectivity index (χ4v) is 6.45. The maximum atomic E-state index is 13.4. The number of fused-ring (bicyclic) bond motifs is 4. The summed E-state index contributed by atoms with van der Waals surface area (Å²) in [7, 11) is 0. The summed E-state index contributed by atoms with van der Waals surface area (Å²) in [5.41, 5.74) is 6.28. The third-order valence-electron chi connectivity index (χ3n) is 8.31. The maximum absolute atomic E-state index is 13.4. The molecule has 0 N–H and O–H groups in total. The fraction of sp³-hybridized carbons (Fsp3) is 0.424. The highest BCUT2D eigenvalue weighted by Crippen LogP contribution is 2.55. The van der Waals surface area contributed by atoms with E-state index >= 15 is 0 Å². The van der Waals surface area contributed by atoms with E-state index in [0.29, 0.717) is 17.4 Å². The summed E-state index contributed by atoms with van der Waals surface area (Å²) in [5.74, 6) is 1.52. The standard InChI is InChI=1S/C33H38O2/c1-5-6-7-10-23-18-27-21-33(3,4)29-16-13-22(2)17-28(29)31(27)30(19-23)35-32(34)26-15-14-24-11-8-9-12-25(24)20-26/h8-9,11-15,18-20,28-29H,5-7,10,16-17,21H2,1-4H3/t28-,29-/m1/s1. The van der Waals surface area contributed by atoms with Gasteiger partial charge in [0.1, 0.15) is 5.75 Å². The average molecular weight is 467 g/mol. The van der Waals surface area contributed by atoms with E-state index in [1.54, 1.807) is 0 Å². The Morgan fingerprint density at radius 1 is 1.03 bits per heavy atom. The Morgan fingerprint density at radius 2 is 1.83 bits per heavy atom. The summed E-state index contributed by atoms with van der Waals surface area (Å²) < 4.78 is 6.29. The van der Waals surface area contributed by atoms with Gasteiger partial charge >= 0.3 is 5.97 Å². The first-order chi connectivity index (χ1) is 16.9. The molecule has 0 radical (unpaired) electrons. The predicted octanol–water partition coefficient (Wildman–Crippen LogP) is 8.81. The van der Waals surface area contributed by atoms with E-state index < -0.39 is 0 Å². The van der Waals surface area contributed by atoms with E-state index in [1.165, 1.54) is 41.5 Å². The van der Waals surface area contributed by atoms with E-state index in [9.17, 15) is 4.79 Å². The Morgan fingerprint density at radius 3 is 2.63 bits per heavy atom. The quantitative estimate of drug-likeness (QED) is 0.157. The Balaban J connectivity index is 1.55. The lowest BCUT2D eigenvalue weighted by Gasteiger charge is -2.47. The number of aryl methyl sites for hydroxylation is 1. The Kier molecular flexibility index (Phi) is 6.57. The van der Waals surface area contributed by atoms with Crippen LogP contribution >= 0.6 is 0 Å². The summed E-state index contributed by atoms with van der Waals surface area (Å²) in [6, 6.07) is 18.6. The van der Waals surface area contributed by atoms with E-state index in [1.807, 2.05) is 36.4 Å². The van der Waals surface area contributed by atoms with E-state index in [0.717, 1.165) is 42.2 Å². The van der Waals surface area contributed by atoms with E-state index in [4.69, 9.17) is 4.74 Å². The highest BCUT2D eigenvalue weighted by atomic mass is 16.5. The molecule has 0 amide bonds. The number of hydrogen-bond donors (Lipinski definition) is 0. The molecule has 182 valence electrons. The number of allylic oxidation sites excluding steroid dienone is 2. The second kappa shape index (κ2) is 9.64. The Bertz CT molecular complexity index is 1280. The molecule has 0 aromatic heterocycles. The normalized spacial score (nSPS) is 20.6. The third kappa shape index (κ3) is 4.81. The van der Waals surface area contributed by atoms with Crippen molar-refractivity contribution in [2.75, 3.05) is 0 Å². The van der Waals surface area contributed by atoms with Gasteiger partial charge in [0.2, 0.25) is 0 Å². The van der Waals surface area contributed by atoms with Crippen molar-refractivity contribution in [2.24, 2.45) is 11.3 Å². The number of carbonyl (C=O) groups is 1. The van der Waals surface area contributed by atoms with Gasteiger partial charge in [-0.05, 0) is 96.4 Å². The van der Waals surface area contributed by atoms with Gasteiger partial charge in [-0.1, -0.05) is 81.7 Å². The van der Waals surface area contributed by atoms with Crippen molar-refractivity contribution in [3.05, 3.63) is 88.5 Å². The molecule has 2 atom stereocenters. The monoisotopic (exact) mass is 466 g/mol. The molecule has 2 aliphatic carbocycles. The summed E-state index contributed by atoms with van der Waals surface area (Å²) in [5, 5.41) is 2.20. The Labute approximate surface area is 210 Å². The summed E-state index contributed by atoms with van der Waals surface area (Å²) in [6.07, 6.45) is 10.3. The number of unbranched alkanes of at least 4 members (excludes halogenated alkanes) is 2. The zero-order valence-corrected chi connectivity index (χ0v) is 21.7. The zero-order valence-electron chi connectivity index (χ0n) is 21.7. The number of carbonyl (C=O) groups excluding carboxylic acids is 1. The number of ether oxygens (including phenoxy) is 1. The number of hydrogen-bond acceptors (Lipinski definition) is 2. The van der Waals surface area contributed by atoms with Gasteiger partial charge in [0.15, 0.2) is 0 Å². The lowest BCUT2D eigenvalue weighted by molar-refractivity contribution is 0.0727. The summed E-state index contributed by atoms with van der Waals surface area (Å²) >= 11 is 0. The first-order valence-corrected chi connectivity index (χ1v) is 13.4. The topological polar surface area (TPSA) is 26.3 Å². The minimum Gasteiger partial charge on any atom is -0.423 e. The van der Waals surface area contributed by atoms with Gasteiger partial charge in [0, 0.05) is 5.56 Å². The smallest absolute Gasteiger partial charge is 0.343 e. The van der Waals surface area contributed by atoms with Gasteiger partial charge in [-0.25, -0.2) is 4.79 Å². The highest BCUT2D eigenvalue weighted by molar-refractivity contribution is 5.96. The fourth-order valence-electron chi connectivity index (χ4n) is 6.45. The van der Waals surface area contributed by atoms with Crippen LogP contribution in [0.5, 0.6) is 5.75 Å². The van der Waals surface area contributed by atoms with Crippen LogP contribution in [0.1, 0.15) is 92.8 Å². The molecule has 0 unspecified atom stereocenters. The van der Waals surface area contributed by atoms with E-state index in [-0.39, 0.29) is 11.4 Å². The van der Waals surface area contributed by atoms with Crippen molar-refractivity contribution in [1.82, 2.24) is 0 Å². The molecule has 2 heteroatoms. The SMILES string of the molecule is CCCCCc1cc2c(c(OC(=O)c3ccc4ccccc4c3)c1)[C@@H]1CC(C)=CC[C@H]1C(C)(C)C2. The third-order valence-corrected chi connectivity index (χ3v) is 8.31. The van der Waals surface area contributed by atoms with Crippen LogP contribution in [0.15, 0.2) is 66.2 Å². The molecule has 0 bridgehead atoms. The molecule has 3 aromatic rings. The van der Waals surface area contributed by atoms with Crippen LogP contribution in [0.4, 0.5) is 0 Å². The average Bonchev–Trinajstić information content (AvgIpc) is 2.83. The number of benzene rings is 3. The van der Waals surface area contributed by atoms with Crippen LogP contribution < -0.4 is 4.74 Å². The number of rotatable bonds is 6. The molecular weight excluding hydrogens is 428 g/mol. The van der Waals surface area contributed by atoms with Gasteiger partial charge in [-0.2, -0.15) is 0 Å². The highest BCUT2D eigenvalue weighted by Gasteiger charge is 2.44. The van der Waals surface area contributed by atoms with Crippen molar-refractivity contribution in [1.29, 1.82) is 0 Å². The molecule has 2 aliphatic rings. The van der Waals surface area contributed by atoms with Crippen LogP contribution in [-0.2, 0) is 12.8 Å². The molecule has 0 saturated carbocycles. The minimum absolute atomic E-state index is 0.233. The van der Waals surface area contributed by atoms with Crippen molar-refractivity contribution in [3.63, 3.8) is 0 Å². The first-order valence-electron chi connectivity index (χ1n) is 13.4. The van der Waals surface area contributed by atoms with E-state index in [2.05, 4.69) is 52.0 Å². The van der Waals surface area contributed by atoms with Gasteiger partial charge in [0.05, 0.1) is 5.56 Å². The lowest BCUT2D eigenvalue weighted by atomic mass is 9.57. The van der Waals surface area contributed by atoms with Gasteiger partial charge in [-0.3, -0.25) is 0 Å². The van der Waals surface area contributed by atoms with Crippen LogP contribution in [0.25, 0.3) is 10.8 Å². The van der Waals surface area contributed by atoms with Crippen LogP contribution in [0.3, 0.4) is 0 Å². The van der Waals surface area contributed by atoms with Crippen molar-refractivity contribution in [2.45, 2.75) is 78.6 Å². The molecule has 2 nitrogen and oxygen atoms in total. The van der Waals surface area contributed by atoms with Gasteiger partial charge < -0.3 is 4.74 Å². The largest absolute Gasteiger partial charge is 0.423 e. The van der Waals surface area contributed by atoms with Crippen molar-refractivity contribution in [3.8, 4) is 5.75 Å². The molecule has 0 fully saturated rings. The molecule has 0 saturated heterocycles. The zero-order chi connectivity index (χ0) is 24.6. The van der Waals surface area contributed by atoms with Gasteiger partial charge in [-0.15, -0.1) is 0 Å². The van der Waals surface area contributed by atoms with Crippen LogP contribution in [0, 0.1) is 11.3 Å². The molecule has 0 spiro atoms. The summed E-state index contributed by atoms with van der Waals surface area (Å²) in [6.45, 7) is 9.34. The first kappa shape index (κ1) is 23.9. The second-order valence-corrected chi connectivity index (χ2v) is 11.4. The predicted molar refractivity (Wildman–Crippen MR) is 145 cm³/mol. The van der Waals surface area contributed by atoms with Crippen LogP contribution in [0.2, 0.25) is 0 Å². The van der Waals surface area contributed by atoms with Crippen molar-refractivity contribution >= 4 is 16.7 Å².